The molecule has 0 bridgehead atoms. The zero-order valence-corrected chi connectivity index (χ0v) is 13.8. The summed E-state index contributed by atoms with van der Waals surface area (Å²) in [5.41, 5.74) is -0.663. The van der Waals surface area contributed by atoms with E-state index in [0.29, 0.717) is 17.5 Å². The smallest absolute Gasteiger partial charge is 0.348 e. The summed E-state index contributed by atoms with van der Waals surface area (Å²) in [7, 11) is 0. The van der Waals surface area contributed by atoms with Crippen molar-refractivity contribution in [2.75, 3.05) is 12.4 Å². The maximum atomic E-state index is 12.9. The second kappa shape index (κ2) is 5.80. The topological polar surface area (TPSA) is 48.7 Å². The van der Waals surface area contributed by atoms with Gasteiger partial charge in [-0.3, -0.25) is 4.40 Å². The van der Waals surface area contributed by atoms with Crippen molar-refractivity contribution >= 4 is 29.0 Å². The van der Waals surface area contributed by atoms with Gasteiger partial charge in [0, 0.05) is 11.9 Å². The Hall–Kier alpha value is -1.03. The van der Waals surface area contributed by atoms with Crippen molar-refractivity contribution in [1.29, 1.82) is 0 Å². The lowest BCUT2D eigenvalue weighted by molar-refractivity contribution is -0.138. The summed E-state index contributed by atoms with van der Waals surface area (Å²) in [4.78, 5) is 0. The third kappa shape index (κ3) is 3.57. The summed E-state index contributed by atoms with van der Waals surface area (Å²) in [6.07, 6.45) is -3.71. The molecule has 1 aliphatic heterocycles. The average molecular weight is 368 g/mol. The molecule has 1 saturated heterocycles. The Balaban J connectivity index is 1.83. The molecule has 0 aliphatic carbocycles. The molecule has 0 saturated carbocycles. The molecule has 23 heavy (non-hydrogen) atoms. The van der Waals surface area contributed by atoms with Gasteiger partial charge in [-0.1, -0.05) is 23.4 Å². The van der Waals surface area contributed by atoms with Crippen LogP contribution < -0.4 is 0 Å². The van der Waals surface area contributed by atoms with Gasteiger partial charge in [0.25, 0.3) is 0 Å². The van der Waals surface area contributed by atoms with Crippen LogP contribution in [0.3, 0.4) is 0 Å². The molecular formula is C13H13ClF3N3O2S. The molecule has 1 aliphatic rings. The van der Waals surface area contributed by atoms with Gasteiger partial charge in [0.1, 0.15) is 0 Å². The molecule has 126 valence electrons. The molecule has 1 unspecified atom stereocenters. The number of aromatic nitrogens is 3. The van der Waals surface area contributed by atoms with Crippen LogP contribution in [-0.2, 0) is 15.7 Å². The van der Waals surface area contributed by atoms with Gasteiger partial charge in [0.2, 0.25) is 0 Å². The van der Waals surface area contributed by atoms with Crippen LogP contribution in [0.25, 0.3) is 5.65 Å². The number of hydrogen-bond acceptors (Lipinski definition) is 5. The van der Waals surface area contributed by atoms with Crippen LogP contribution in [0.2, 0.25) is 5.02 Å². The molecule has 0 spiro atoms. The second-order valence-electron chi connectivity index (χ2n) is 5.51. The Kier molecular flexibility index (Phi) is 4.24. The van der Waals surface area contributed by atoms with Crippen LogP contribution in [-0.4, -0.2) is 38.8 Å². The summed E-state index contributed by atoms with van der Waals surface area (Å²) in [5.74, 6) is -0.164. The summed E-state index contributed by atoms with van der Waals surface area (Å²) in [5, 5.41) is 7.96. The zero-order valence-electron chi connectivity index (χ0n) is 12.2. The van der Waals surface area contributed by atoms with Crippen molar-refractivity contribution in [2.45, 2.75) is 37.1 Å². The molecule has 10 heteroatoms. The van der Waals surface area contributed by atoms with Crippen molar-refractivity contribution in [2.24, 2.45) is 0 Å². The first kappa shape index (κ1) is 16.8. The molecule has 3 heterocycles. The lowest BCUT2D eigenvalue weighted by Gasteiger charge is -2.16. The van der Waals surface area contributed by atoms with Gasteiger partial charge < -0.3 is 9.47 Å². The van der Waals surface area contributed by atoms with E-state index in [0.717, 1.165) is 12.3 Å². The van der Waals surface area contributed by atoms with E-state index in [1.54, 1.807) is 13.8 Å². The minimum Gasteiger partial charge on any atom is -0.348 e. The number of alkyl halides is 3. The predicted molar refractivity (Wildman–Crippen MR) is 78.6 cm³/mol. The van der Waals surface area contributed by atoms with E-state index < -0.39 is 17.5 Å². The molecule has 3 rings (SSSR count). The van der Waals surface area contributed by atoms with Crippen LogP contribution in [0.1, 0.15) is 19.4 Å². The molecule has 2 aromatic heterocycles. The number of thioether (sulfide) groups is 1. The largest absolute Gasteiger partial charge is 0.417 e. The first-order chi connectivity index (χ1) is 10.7. The van der Waals surface area contributed by atoms with Gasteiger partial charge in [0.15, 0.2) is 16.6 Å². The fourth-order valence-corrected chi connectivity index (χ4v) is 3.32. The fourth-order valence-electron chi connectivity index (χ4n) is 2.20. The van der Waals surface area contributed by atoms with Crippen LogP contribution in [0, 0.1) is 0 Å². The minimum absolute atomic E-state index is 0.0965. The molecule has 1 atom stereocenters. The highest BCUT2D eigenvalue weighted by atomic mass is 35.5. The molecular weight excluding hydrogens is 355 g/mol. The first-order valence-electron chi connectivity index (χ1n) is 6.72. The highest BCUT2D eigenvalue weighted by molar-refractivity contribution is 7.99. The number of rotatable bonds is 3. The SMILES string of the molecule is CC1(C)OCC(CSc2nnc3c(Cl)cc(C(F)(F)F)cn23)O1. The quantitative estimate of drug-likeness (QED) is 0.775. The van der Waals surface area contributed by atoms with Crippen LogP contribution >= 0.6 is 23.4 Å². The van der Waals surface area contributed by atoms with E-state index >= 15 is 0 Å². The van der Waals surface area contributed by atoms with Gasteiger partial charge in [-0.05, 0) is 19.9 Å². The number of fused-ring (bicyclic) bond motifs is 1. The maximum absolute atomic E-state index is 12.9. The van der Waals surface area contributed by atoms with E-state index in [9.17, 15) is 13.2 Å². The van der Waals surface area contributed by atoms with E-state index in [1.807, 2.05) is 0 Å². The minimum atomic E-state index is -4.49. The third-order valence-electron chi connectivity index (χ3n) is 3.22. The molecule has 2 aromatic rings. The van der Waals surface area contributed by atoms with Crippen molar-refractivity contribution in [3.63, 3.8) is 0 Å². The summed E-state index contributed by atoms with van der Waals surface area (Å²) in [6.45, 7) is 4.03. The van der Waals surface area contributed by atoms with Crippen molar-refractivity contribution in [3.8, 4) is 0 Å². The van der Waals surface area contributed by atoms with Gasteiger partial charge >= 0.3 is 6.18 Å². The number of nitrogens with zero attached hydrogens (tertiary/aromatic N) is 3. The van der Waals surface area contributed by atoms with E-state index in [2.05, 4.69) is 10.2 Å². The third-order valence-corrected chi connectivity index (χ3v) is 4.57. The average Bonchev–Trinajstić information content (AvgIpc) is 2.99. The Morgan fingerprint density at radius 3 is 2.78 bits per heavy atom. The monoisotopic (exact) mass is 367 g/mol. The first-order valence-corrected chi connectivity index (χ1v) is 8.08. The van der Waals surface area contributed by atoms with Gasteiger partial charge in [-0.25, -0.2) is 0 Å². The number of ether oxygens (including phenoxy) is 2. The zero-order chi connectivity index (χ0) is 16.8. The summed E-state index contributed by atoms with van der Waals surface area (Å²) >= 11 is 7.11. The van der Waals surface area contributed by atoms with Gasteiger partial charge in [-0.2, -0.15) is 13.2 Å². The Labute approximate surface area is 139 Å². The van der Waals surface area contributed by atoms with Crippen LogP contribution in [0.15, 0.2) is 17.4 Å². The fraction of sp³-hybridized carbons (Fsp3) is 0.538. The van der Waals surface area contributed by atoms with Gasteiger partial charge in [-0.15, -0.1) is 10.2 Å². The number of pyridine rings is 1. The Morgan fingerprint density at radius 2 is 2.17 bits per heavy atom. The second-order valence-corrected chi connectivity index (χ2v) is 6.91. The summed E-state index contributed by atoms with van der Waals surface area (Å²) in [6, 6.07) is 0.844. The molecule has 0 aromatic carbocycles. The van der Waals surface area contributed by atoms with Crippen LogP contribution in [0.5, 0.6) is 0 Å². The van der Waals surface area contributed by atoms with E-state index in [-0.39, 0.29) is 16.8 Å². The van der Waals surface area contributed by atoms with Gasteiger partial charge in [0.05, 0.1) is 23.3 Å². The number of halogens is 4. The van der Waals surface area contributed by atoms with Crippen LogP contribution in [0.4, 0.5) is 13.2 Å². The van der Waals surface area contributed by atoms with E-state index in [1.165, 1.54) is 16.2 Å². The molecule has 0 radical (unpaired) electrons. The highest BCUT2D eigenvalue weighted by Gasteiger charge is 2.34. The molecule has 0 amide bonds. The summed E-state index contributed by atoms with van der Waals surface area (Å²) < 4.78 is 51.0. The predicted octanol–water partition coefficient (Wildman–Crippen LogP) is 3.65. The Morgan fingerprint density at radius 1 is 1.43 bits per heavy atom. The lowest BCUT2D eigenvalue weighted by Crippen LogP contribution is -2.22. The van der Waals surface area contributed by atoms with Crippen molar-refractivity contribution < 1.29 is 22.6 Å². The molecule has 5 nitrogen and oxygen atoms in total. The molecule has 0 N–H and O–H groups in total. The number of hydrogen-bond donors (Lipinski definition) is 0. The van der Waals surface area contributed by atoms with Crippen molar-refractivity contribution in [1.82, 2.24) is 14.6 Å². The normalized spacial score (nSPS) is 21.2. The van der Waals surface area contributed by atoms with Crippen molar-refractivity contribution in [3.05, 3.63) is 22.8 Å². The standard InChI is InChI=1S/C13H13ClF3N3O2S/c1-12(2)21-5-8(22-12)6-23-11-19-18-10-9(14)3-7(4-20(10)11)13(15,16)17/h3-4,8H,5-6H2,1-2H3. The Bertz CT molecular complexity index is 735. The van der Waals surface area contributed by atoms with E-state index in [4.69, 9.17) is 21.1 Å². The lowest BCUT2D eigenvalue weighted by atomic mass is 10.3. The maximum Gasteiger partial charge on any atom is 0.417 e. The highest BCUT2D eigenvalue weighted by Crippen LogP contribution is 2.34. The molecule has 1 fully saturated rings.